The topological polar surface area (TPSA) is 38.8 Å². The van der Waals surface area contributed by atoms with Crippen molar-refractivity contribution >= 4 is 28.6 Å². The summed E-state index contributed by atoms with van der Waals surface area (Å²) >= 11 is 2.29. The molecule has 94 valence electrons. The molecule has 0 N–H and O–H groups in total. The van der Waals surface area contributed by atoms with Crippen molar-refractivity contribution < 1.29 is 14.3 Å². The predicted octanol–water partition coefficient (Wildman–Crippen LogP) is 1.55. The highest BCUT2D eigenvalue weighted by molar-refractivity contribution is 14.1. The van der Waals surface area contributed by atoms with Gasteiger partial charge in [0.15, 0.2) is 0 Å². The Morgan fingerprint density at radius 2 is 2.41 bits per heavy atom. The highest BCUT2D eigenvalue weighted by Crippen LogP contribution is 2.27. The molecular formula is C12H16INO3. The highest BCUT2D eigenvalue weighted by atomic mass is 127. The Bertz CT molecular complexity index is 370. The quantitative estimate of drug-likeness (QED) is 0.335. The second kappa shape index (κ2) is 6.87. The van der Waals surface area contributed by atoms with Crippen LogP contribution in [0.2, 0.25) is 0 Å². The van der Waals surface area contributed by atoms with E-state index in [0.717, 1.165) is 0 Å². The first-order chi connectivity index (χ1) is 8.10. The van der Waals surface area contributed by atoms with Crippen LogP contribution in [0.1, 0.15) is 13.3 Å². The van der Waals surface area contributed by atoms with E-state index in [2.05, 4.69) is 34.4 Å². The third-order valence-corrected chi connectivity index (χ3v) is 3.49. The van der Waals surface area contributed by atoms with Gasteiger partial charge in [-0.2, -0.15) is 0 Å². The van der Waals surface area contributed by atoms with Gasteiger partial charge in [-0.3, -0.25) is 0 Å². The minimum Gasteiger partial charge on any atom is -0.466 e. The number of rotatable bonds is 3. The lowest BCUT2D eigenvalue weighted by atomic mass is 10.1. The lowest BCUT2D eigenvalue weighted by Gasteiger charge is -2.34. The first-order valence-corrected chi connectivity index (χ1v) is 6.51. The van der Waals surface area contributed by atoms with Gasteiger partial charge in [0, 0.05) is 13.2 Å². The summed E-state index contributed by atoms with van der Waals surface area (Å²) in [5.74, 6) is 5.38. The first-order valence-electron chi connectivity index (χ1n) is 5.26. The van der Waals surface area contributed by atoms with Gasteiger partial charge in [-0.25, -0.2) is 4.79 Å². The molecule has 0 aromatic rings. The monoisotopic (exact) mass is 349 g/mol. The first kappa shape index (κ1) is 14.3. The molecule has 17 heavy (non-hydrogen) atoms. The summed E-state index contributed by atoms with van der Waals surface area (Å²) in [6, 6.07) is 0. The van der Waals surface area contributed by atoms with Crippen molar-refractivity contribution in [1.82, 2.24) is 4.90 Å². The van der Waals surface area contributed by atoms with Crippen molar-refractivity contribution in [2.24, 2.45) is 0 Å². The summed E-state index contributed by atoms with van der Waals surface area (Å²) in [7, 11) is 3.28. The van der Waals surface area contributed by atoms with Crippen molar-refractivity contribution in [3.8, 4) is 11.8 Å². The van der Waals surface area contributed by atoms with Crippen molar-refractivity contribution in [2.45, 2.75) is 23.5 Å². The van der Waals surface area contributed by atoms with Crippen molar-refractivity contribution in [3.63, 3.8) is 0 Å². The Kier molecular flexibility index (Phi) is 5.78. The average Bonchev–Trinajstić information content (AvgIpc) is 2.31. The van der Waals surface area contributed by atoms with Crippen LogP contribution in [-0.2, 0) is 14.3 Å². The fraction of sp³-hybridized carbons (Fsp3) is 0.583. The molecule has 0 radical (unpaired) electrons. The van der Waals surface area contributed by atoms with Gasteiger partial charge in [0.05, 0.1) is 16.6 Å². The molecule has 0 spiro atoms. The number of ether oxygens (including phenoxy) is 2. The molecule has 1 heterocycles. The van der Waals surface area contributed by atoms with Crippen molar-refractivity contribution in [2.75, 3.05) is 20.8 Å². The molecule has 0 unspecified atom stereocenters. The molecule has 0 bridgehead atoms. The number of hydrogen-bond donors (Lipinski definition) is 0. The summed E-state index contributed by atoms with van der Waals surface area (Å²) < 4.78 is 10.6. The van der Waals surface area contributed by atoms with Crippen LogP contribution in [0.4, 0.5) is 0 Å². The van der Waals surface area contributed by atoms with Gasteiger partial charge in [-0.15, -0.1) is 5.92 Å². The standard InChI is InChI=1S/C12H16INO3/c1-4-5-6-17-11-10(13)7-9(8-14(11)2)12(15)16-3/h8,10-11H,6-7H2,1-3H3/t10-,11+/m0/s1. The number of methoxy groups -OCH3 is 1. The second-order valence-electron chi connectivity index (χ2n) is 3.66. The van der Waals surface area contributed by atoms with Gasteiger partial charge >= 0.3 is 5.97 Å². The molecular weight excluding hydrogens is 333 g/mol. The SMILES string of the molecule is CC#CCO[C@@H]1[C@@H](I)CC(C(=O)OC)=CN1C. The molecule has 2 atom stereocenters. The normalized spacial score (nSPS) is 23.5. The smallest absolute Gasteiger partial charge is 0.335 e. The number of alkyl halides is 1. The van der Waals surface area contributed by atoms with E-state index in [1.807, 2.05) is 11.9 Å². The third-order valence-electron chi connectivity index (χ3n) is 2.44. The Morgan fingerprint density at radius 3 is 2.94 bits per heavy atom. The number of carbonyl (C=O) groups is 1. The van der Waals surface area contributed by atoms with E-state index in [9.17, 15) is 4.79 Å². The maximum absolute atomic E-state index is 11.4. The summed E-state index contributed by atoms with van der Waals surface area (Å²) in [5, 5.41) is 0. The maximum atomic E-state index is 11.4. The van der Waals surface area contributed by atoms with Gasteiger partial charge in [0.25, 0.3) is 0 Å². The Labute approximate surface area is 115 Å². The van der Waals surface area contributed by atoms with Gasteiger partial charge in [0.1, 0.15) is 12.8 Å². The van der Waals surface area contributed by atoms with Crippen LogP contribution < -0.4 is 0 Å². The zero-order valence-corrected chi connectivity index (χ0v) is 12.4. The summed E-state index contributed by atoms with van der Waals surface area (Å²) in [5.41, 5.74) is 0.677. The van der Waals surface area contributed by atoms with E-state index in [4.69, 9.17) is 9.47 Å². The fourth-order valence-corrected chi connectivity index (χ4v) is 2.82. The zero-order chi connectivity index (χ0) is 12.8. The molecule has 0 saturated heterocycles. The molecule has 1 aliphatic rings. The van der Waals surface area contributed by atoms with Crippen molar-refractivity contribution in [1.29, 1.82) is 0 Å². The van der Waals surface area contributed by atoms with Crippen LogP contribution in [0.3, 0.4) is 0 Å². The molecule has 5 heteroatoms. The number of halogens is 1. The Hall–Kier alpha value is -0.740. The van der Waals surface area contributed by atoms with Crippen LogP contribution in [0.15, 0.2) is 11.8 Å². The van der Waals surface area contributed by atoms with E-state index in [1.54, 1.807) is 13.1 Å². The summed E-state index contributed by atoms with van der Waals surface area (Å²) in [4.78, 5) is 13.3. The van der Waals surface area contributed by atoms with E-state index >= 15 is 0 Å². The molecule has 1 rings (SSSR count). The lowest BCUT2D eigenvalue weighted by molar-refractivity contribution is -0.136. The number of esters is 1. The van der Waals surface area contributed by atoms with Gasteiger partial charge < -0.3 is 14.4 Å². The van der Waals surface area contributed by atoms with Gasteiger partial charge in [-0.1, -0.05) is 28.5 Å². The second-order valence-corrected chi connectivity index (χ2v) is 5.26. The molecule has 0 fully saturated rings. The zero-order valence-electron chi connectivity index (χ0n) is 10.2. The largest absolute Gasteiger partial charge is 0.466 e. The third kappa shape index (κ3) is 3.89. The molecule has 0 saturated carbocycles. The van der Waals surface area contributed by atoms with Gasteiger partial charge in [0.2, 0.25) is 0 Å². The van der Waals surface area contributed by atoms with Crippen LogP contribution >= 0.6 is 22.6 Å². The molecule has 0 aromatic carbocycles. The fourth-order valence-electron chi connectivity index (χ4n) is 1.63. The number of nitrogens with zero attached hydrogens (tertiary/aromatic N) is 1. The molecule has 1 aliphatic heterocycles. The predicted molar refractivity (Wildman–Crippen MR) is 73.5 cm³/mol. The number of carbonyl (C=O) groups excluding carboxylic acids is 1. The number of hydrogen-bond acceptors (Lipinski definition) is 4. The van der Waals surface area contributed by atoms with Crippen LogP contribution in [-0.4, -0.2) is 41.8 Å². The Morgan fingerprint density at radius 1 is 1.71 bits per heavy atom. The highest BCUT2D eigenvalue weighted by Gasteiger charge is 2.30. The average molecular weight is 349 g/mol. The molecule has 0 aromatic heterocycles. The lowest BCUT2D eigenvalue weighted by Crippen LogP contribution is -2.42. The van der Waals surface area contributed by atoms with Crippen LogP contribution in [0.5, 0.6) is 0 Å². The van der Waals surface area contributed by atoms with Crippen molar-refractivity contribution in [3.05, 3.63) is 11.8 Å². The molecule has 0 aliphatic carbocycles. The van der Waals surface area contributed by atoms with E-state index in [-0.39, 0.29) is 16.1 Å². The summed E-state index contributed by atoms with van der Waals surface area (Å²) in [6.45, 7) is 2.19. The summed E-state index contributed by atoms with van der Waals surface area (Å²) in [6.07, 6.45) is 2.39. The molecule has 4 nitrogen and oxygen atoms in total. The Balaban J connectivity index is 2.68. The minimum atomic E-state index is -0.273. The molecule has 0 amide bonds. The van der Waals surface area contributed by atoms with E-state index in [1.165, 1.54) is 7.11 Å². The maximum Gasteiger partial charge on any atom is 0.335 e. The van der Waals surface area contributed by atoms with E-state index < -0.39 is 0 Å². The van der Waals surface area contributed by atoms with Crippen LogP contribution in [0, 0.1) is 11.8 Å². The minimum absolute atomic E-state index is 0.0511. The van der Waals surface area contributed by atoms with E-state index in [0.29, 0.717) is 18.6 Å². The van der Waals surface area contributed by atoms with Gasteiger partial charge in [-0.05, 0) is 13.3 Å². The van der Waals surface area contributed by atoms with Crippen LogP contribution in [0.25, 0.3) is 0 Å².